The predicted molar refractivity (Wildman–Crippen MR) is 92.5 cm³/mol. The maximum atomic E-state index is 11.3. The molecule has 0 aromatic heterocycles. The van der Waals surface area contributed by atoms with Crippen molar-refractivity contribution in [3.63, 3.8) is 0 Å². The molecule has 1 aliphatic rings. The molecule has 8 heteroatoms. The molecule has 0 aliphatic carbocycles. The molecule has 0 amide bonds. The summed E-state index contributed by atoms with van der Waals surface area (Å²) >= 11 is 0. The number of anilines is 1. The Kier molecular flexibility index (Phi) is 4.90. The zero-order chi connectivity index (χ0) is 17.8. The van der Waals surface area contributed by atoms with Crippen molar-refractivity contribution in [3.8, 4) is 0 Å². The van der Waals surface area contributed by atoms with Gasteiger partial charge in [0.2, 0.25) is 0 Å². The van der Waals surface area contributed by atoms with Gasteiger partial charge >= 0.3 is 0 Å². The average molecular weight is 341 g/mol. The highest BCUT2D eigenvalue weighted by Gasteiger charge is 2.33. The fourth-order valence-corrected chi connectivity index (χ4v) is 3.06. The normalized spacial score (nSPS) is 16.8. The van der Waals surface area contributed by atoms with Crippen LogP contribution in [0.3, 0.4) is 0 Å². The third-order valence-corrected chi connectivity index (χ3v) is 4.26. The number of nitrogens with one attached hydrogen (secondary N) is 1. The van der Waals surface area contributed by atoms with Gasteiger partial charge in [-0.3, -0.25) is 20.2 Å². The lowest BCUT2D eigenvalue weighted by Gasteiger charge is -2.18. The summed E-state index contributed by atoms with van der Waals surface area (Å²) in [5, 5.41) is 25.9. The van der Waals surface area contributed by atoms with Crippen LogP contribution in [0.4, 0.5) is 17.1 Å². The molecule has 25 heavy (non-hydrogen) atoms. The van der Waals surface area contributed by atoms with Crippen LogP contribution in [-0.2, 0) is 6.54 Å². The summed E-state index contributed by atoms with van der Waals surface area (Å²) in [6, 6.07) is 14.9. The van der Waals surface area contributed by atoms with E-state index in [1.165, 1.54) is 12.1 Å². The van der Waals surface area contributed by atoms with Crippen LogP contribution in [0.5, 0.6) is 0 Å². The first kappa shape index (κ1) is 16.8. The molecule has 0 spiro atoms. The third kappa shape index (κ3) is 3.74. The number of nitrogens with zero attached hydrogens (tertiary/aromatic N) is 3. The molecule has 129 valence electrons. The van der Waals surface area contributed by atoms with Crippen molar-refractivity contribution in [2.75, 3.05) is 18.0 Å². The lowest BCUT2D eigenvalue weighted by atomic mass is 10.2. The van der Waals surface area contributed by atoms with Gasteiger partial charge in [-0.25, -0.2) is 0 Å². The van der Waals surface area contributed by atoms with Crippen molar-refractivity contribution < 1.29 is 9.85 Å². The Morgan fingerprint density at radius 1 is 1.12 bits per heavy atom. The Morgan fingerprint density at radius 2 is 1.76 bits per heavy atom. The Balaban J connectivity index is 1.75. The summed E-state index contributed by atoms with van der Waals surface area (Å²) < 4.78 is 0. The number of nitro benzene ring substituents is 2. The molecule has 3 rings (SSSR count). The van der Waals surface area contributed by atoms with Crippen LogP contribution in [0.25, 0.3) is 0 Å². The summed E-state index contributed by atoms with van der Waals surface area (Å²) in [6.45, 7) is 1.70. The third-order valence-electron chi connectivity index (χ3n) is 4.26. The minimum Gasteiger partial charge on any atom is -0.359 e. The molecule has 0 bridgehead atoms. The minimum absolute atomic E-state index is 0.0674. The van der Waals surface area contributed by atoms with Gasteiger partial charge in [-0.05, 0) is 18.1 Å². The van der Waals surface area contributed by atoms with Crippen molar-refractivity contribution >= 4 is 17.1 Å². The average Bonchev–Trinajstić information content (AvgIpc) is 3.08. The van der Waals surface area contributed by atoms with Gasteiger partial charge in [0.1, 0.15) is 0 Å². The molecule has 1 fully saturated rings. The van der Waals surface area contributed by atoms with Gasteiger partial charge in [-0.2, -0.15) is 0 Å². The molecular formula is C17H17N4O4. The van der Waals surface area contributed by atoms with Gasteiger partial charge in [0.15, 0.2) is 5.69 Å². The van der Waals surface area contributed by atoms with Crippen LogP contribution < -0.4 is 10.2 Å². The molecule has 0 unspecified atom stereocenters. The first-order chi connectivity index (χ1) is 12.1. The van der Waals surface area contributed by atoms with Crippen LogP contribution >= 0.6 is 0 Å². The van der Waals surface area contributed by atoms with E-state index in [0.717, 1.165) is 12.0 Å². The second-order valence-electron chi connectivity index (χ2n) is 5.89. The molecule has 0 saturated carbocycles. The zero-order valence-corrected chi connectivity index (χ0v) is 13.4. The fourth-order valence-electron chi connectivity index (χ4n) is 3.06. The van der Waals surface area contributed by atoms with E-state index >= 15 is 0 Å². The lowest BCUT2D eigenvalue weighted by Crippen LogP contribution is -2.32. The Hall–Kier alpha value is -3.00. The molecule has 2 aromatic rings. The van der Waals surface area contributed by atoms with E-state index in [0.29, 0.717) is 19.6 Å². The van der Waals surface area contributed by atoms with Crippen LogP contribution in [0, 0.1) is 26.3 Å². The van der Waals surface area contributed by atoms with E-state index < -0.39 is 9.85 Å². The second-order valence-corrected chi connectivity index (χ2v) is 5.89. The number of hydrogen-bond donors (Lipinski definition) is 1. The summed E-state index contributed by atoms with van der Waals surface area (Å²) in [7, 11) is 0. The first-order valence-corrected chi connectivity index (χ1v) is 7.91. The highest BCUT2D eigenvalue weighted by Crippen LogP contribution is 2.38. The number of benzene rings is 2. The molecule has 1 heterocycles. The zero-order valence-electron chi connectivity index (χ0n) is 13.4. The van der Waals surface area contributed by atoms with Gasteiger partial charge in [0.25, 0.3) is 11.4 Å². The molecule has 1 saturated heterocycles. The van der Waals surface area contributed by atoms with Crippen LogP contribution in [0.15, 0.2) is 42.5 Å². The van der Waals surface area contributed by atoms with Crippen LogP contribution in [-0.4, -0.2) is 29.0 Å². The first-order valence-electron chi connectivity index (χ1n) is 7.91. The molecular weight excluding hydrogens is 324 g/mol. The monoisotopic (exact) mass is 341 g/mol. The van der Waals surface area contributed by atoms with Crippen molar-refractivity contribution in [1.82, 2.24) is 5.32 Å². The van der Waals surface area contributed by atoms with Gasteiger partial charge in [-0.15, -0.1) is 0 Å². The fraction of sp³-hybridized carbons (Fsp3) is 0.294. The quantitative estimate of drug-likeness (QED) is 0.640. The number of nitro groups is 2. The Morgan fingerprint density at radius 3 is 2.36 bits per heavy atom. The molecule has 1 radical (unpaired) electrons. The van der Waals surface area contributed by atoms with Crippen LogP contribution in [0.1, 0.15) is 12.0 Å². The molecule has 1 aliphatic heterocycles. The summed E-state index contributed by atoms with van der Waals surface area (Å²) in [4.78, 5) is 23.1. The van der Waals surface area contributed by atoms with Gasteiger partial charge in [-0.1, -0.05) is 30.3 Å². The SMILES string of the molecule is O=[N+]([O-])c1c[c]cc([N+](=O)[O-])c1N1CC[C@@H](NCc2ccccc2)C1. The van der Waals surface area contributed by atoms with E-state index in [4.69, 9.17) is 0 Å². The van der Waals surface area contributed by atoms with E-state index in [2.05, 4.69) is 11.4 Å². The predicted octanol–water partition coefficient (Wildman–Crippen LogP) is 2.67. The minimum atomic E-state index is -0.594. The topological polar surface area (TPSA) is 102 Å². The van der Waals surface area contributed by atoms with Crippen molar-refractivity contribution in [1.29, 1.82) is 0 Å². The number of hydrogen-bond acceptors (Lipinski definition) is 6. The van der Waals surface area contributed by atoms with Crippen molar-refractivity contribution in [2.24, 2.45) is 0 Å². The summed E-state index contributed by atoms with van der Waals surface area (Å²) in [5.41, 5.74) is 0.654. The largest absolute Gasteiger partial charge is 0.359 e. The van der Waals surface area contributed by atoms with Gasteiger partial charge < -0.3 is 10.2 Å². The second kappa shape index (κ2) is 7.27. The Labute approximate surface area is 144 Å². The molecule has 1 N–H and O–H groups in total. The van der Waals surface area contributed by atoms with Gasteiger partial charge in [0, 0.05) is 37.8 Å². The standard InChI is InChI=1S/C17H17N4O4/c22-20(23)15-7-4-8-16(21(24)25)17(15)19-10-9-14(12-19)18-11-13-5-2-1-3-6-13/h1-3,5-8,14,18H,9-12H2/t14-/m1/s1. The smallest absolute Gasteiger partial charge is 0.300 e. The molecule has 8 nitrogen and oxygen atoms in total. The maximum Gasteiger partial charge on any atom is 0.300 e. The summed E-state index contributed by atoms with van der Waals surface area (Å²) in [5.74, 6) is 0. The van der Waals surface area contributed by atoms with Crippen LogP contribution in [0.2, 0.25) is 0 Å². The number of rotatable bonds is 6. The van der Waals surface area contributed by atoms with Gasteiger partial charge in [0.05, 0.1) is 9.85 Å². The molecule has 1 atom stereocenters. The Bertz CT molecular complexity index is 749. The van der Waals surface area contributed by atoms with Crippen molar-refractivity contribution in [3.05, 3.63) is 74.3 Å². The maximum absolute atomic E-state index is 11.3. The lowest BCUT2D eigenvalue weighted by molar-refractivity contribution is -0.392. The van der Waals surface area contributed by atoms with E-state index in [1.807, 2.05) is 30.3 Å². The van der Waals surface area contributed by atoms with E-state index in [-0.39, 0.29) is 23.1 Å². The highest BCUT2D eigenvalue weighted by molar-refractivity contribution is 5.75. The summed E-state index contributed by atoms with van der Waals surface area (Å²) in [6.07, 6.45) is 0.764. The molecule has 2 aromatic carbocycles. The van der Waals surface area contributed by atoms with Crippen molar-refractivity contribution in [2.45, 2.75) is 19.0 Å². The van der Waals surface area contributed by atoms with E-state index in [9.17, 15) is 20.2 Å². The highest BCUT2D eigenvalue weighted by atomic mass is 16.6. The van der Waals surface area contributed by atoms with E-state index in [1.54, 1.807) is 4.90 Å².